The molecule has 3 aromatic rings. The molecular formula is C22H17BrN4O5. The first-order valence-corrected chi connectivity index (χ1v) is 10.4. The summed E-state index contributed by atoms with van der Waals surface area (Å²) in [6.45, 7) is -0.364. The number of carbonyl (C=O) groups is 2. The van der Waals surface area contributed by atoms with Crippen molar-refractivity contribution in [2.24, 2.45) is 0 Å². The predicted octanol–water partition coefficient (Wildman–Crippen LogP) is 3.71. The number of fused-ring (bicyclic) bond motifs is 1. The van der Waals surface area contributed by atoms with Gasteiger partial charge in [0.15, 0.2) is 6.61 Å². The van der Waals surface area contributed by atoms with Crippen LogP contribution >= 0.6 is 15.9 Å². The number of carbonyl (C=O) groups excluding carboxylic acids is 2. The van der Waals surface area contributed by atoms with Crippen molar-refractivity contribution >= 4 is 44.8 Å². The molecule has 0 saturated heterocycles. The van der Waals surface area contributed by atoms with Gasteiger partial charge in [0.2, 0.25) is 5.91 Å². The minimum Gasteiger partial charge on any atom is -0.482 e. The van der Waals surface area contributed by atoms with Crippen LogP contribution in [-0.2, 0) is 16.1 Å². The molecule has 1 aromatic heterocycles. The van der Waals surface area contributed by atoms with Gasteiger partial charge in [-0.2, -0.15) is 0 Å². The molecule has 9 nitrogen and oxygen atoms in total. The predicted molar refractivity (Wildman–Crippen MR) is 121 cm³/mol. The highest BCUT2D eigenvalue weighted by Gasteiger charge is 2.31. The van der Waals surface area contributed by atoms with Crippen molar-refractivity contribution in [3.05, 3.63) is 87.1 Å². The molecular weight excluding hydrogens is 480 g/mol. The number of rotatable bonds is 6. The third-order valence-electron chi connectivity index (χ3n) is 4.88. The lowest BCUT2D eigenvalue weighted by Gasteiger charge is -2.31. The van der Waals surface area contributed by atoms with E-state index in [4.69, 9.17) is 4.74 Å². The molecule has 4 rings (SSSR count). The van der Waals surface area contributed by atoms with Crippen molar-refractivity contribution in [2.75, 3.05) is 23.0 Å². The monoisotopic (exact) mass is 496 g/mol. The summed E-state index contributed by atoms with van der Waals surface area (Å²) in [5.74, 6) is -0.520. The summed E-state index contributed by atoms with van der Waals surface area (Å²) in [6, 6.07) is 16.6. The Morgan fingerprint density at radius 2 is 1.97 bits per heavy atom. The Bertz CT molecular complexity index is 1170. The molecule has 2 heterocycles. The minimum absolute atomic E-state index is 0.192. The lowest BCUT2D eigenvalue weighted by atomic mass is 10.2. The van der Waals surface area contributed by atoms with Crippen LogP contribution in [0.5, 0.6) is 5.75 Å². The van der Waals surface area contributed by atoms with Gasteiger partial charge in [-0.05, 0) is 42.5 Å². The van der Waals surface area contributed by atoms with Gasteiger partial charge < -0.3 is 9.64 Å². The Morgan fingerprint density at radius 1 is 1.19 bits per heavy atom. The van der Waals surface area contributed by atoms with Crippen molar-refractivity contribution in [3.8, 4) is 5.75 Å². The van der Waals surface area contributed by atoms with Gasteiger partial charge in [-0.25, -0.2) is 0 Å². The van der Waals surface area contributed by atoms with Gasteiger partial charge in [-0.1, -0.05) is 22.0 Å². The SMILES string of the molecule is O=C(CN1C(=O)COc2ccc([N+](=O)[O-])cc21)N(Cc1ccccn1)c1ccc(Br)cc1. The topological polar surface area (TPSA) is 106 Å². The molecule has 0 radical (unpaired) electrons. The fourth-order valence-electron chi connectivity index (χ4n) is 3.30. The molecule has 1 aliphatic rings. The number of anilines is 2. The first-order chi connectivity index (χ1) is 15.4. The molecule has 0 unspecified atom stereocenters. The van der Waals surface area contributed by atoms with Crippen LogP contribution in [0.25, 0.3) is 0 Å². The average Bonchev–Trinajstić information content (AvgIpc) is 2.80. The molecule has 0 saturated carbocycles. The Labute approximate surface area is 191 Å². The van der Waals surface area contributed by atoms with Gasteiger partial charge in [0.05, 0.1) is 22.8 Å². The van der Waals surface area contributed by atoms with E-state index in [9.17, 15) is 19.7 Å². The largest absolute Gasteiger partial charge is 0.482 e. The first kappa shape index (κ1) is 21.4. The molecule has 0 atom stereocenters. The number of pyridine rings is 1. The summed E-state index contributed by atoms with van der Waals surface area (Å²) in [4.78, 5) is 43.6. The molecule has 0 aliphatic carbocycles. The number of benzene rings is 2. The van der Waals surface area contributed by atoms with Crippen LogP contribution < -0.4 is 14.5 Å². The highest BCUT2D eigenvalue weighted by atomic mass is 79.9. The number of aromatic nitrogens is 1. The van der Waals surface area contributed by atoms with Crippen molar-refractivity contribution in [1.82, 2.24) is 4.98 Å². The van der Waals surface area contributed by atoms with Crippen molar-refractivity contribution in [3.63, 3.8) is 0 Å². The number of nitro benzene ring substituents is 1. The van der Waals surface area contributed by atoms with Crippen molar-refractivity contribution < 1.29 is 19.2 Å². The van der Waals surface area contributed by atoms with E-state index in [0.29, 0.717) is 17.1 Å². The fourth-order valence-corrected chi connectivity index (χ4v) is 3.56. The maximum atomic E-state index is 13.4. The minimum atomic E-state index is -0.561. The number of amides is 2. The van der Waals surface area contributed by atoms with Crippen molar-refractivity contribution in [2.45, 2.75) is 6.54 Å². The van der Waals surface area contributed by atoms with Crippen LogP contribution in [0, 0.1) is 10.1 Å². The van der Waals surface area contributed by atoms with Crippen LogP contribution in [0.2, 0.25) is 0 Å². The van der Waals surface area contributed by atoms with Crippen molar-refractivity contribution in [1.29, 1.82) is 0 Å². The zero-order chi connectivity index (χ0) is 22.7. The van der Waals surface area contributed by atoms with E-state index in [1.54, 1.807) is 30.5 Å². The quantitative estimate of drug-likeness (QED) is 0.380. The summed E-state index contributed by atoms with van der Waals surface area (Å²) in [5.41, 5.74) is 1.30. The Kier molecular flexibility index (Phi) is 6.13. The van der Waals surface area contributed by atoms with Gasteiger partial charge in [-0.15, -0.1) is 0 Å². The molecule has 0 N–H and O–H groups in total. The second-order valence-electron chi connectivity index (χ2n) is 6.96. The van der Waals surface area contributed by atoms with E-state index >= 15 is 0 Å². The normalized spacial score (nSPS) is 12.7. The van der Waals surface area contributed by atoms with Gasteiger partial charge in [-0.3, -0.25) is 29.6 Å². The first-order valence-electron chi connectivity index (χ1n) is 9.60. The molecule has 10 heteroatoms. The molecule has 0 spiro atoms. The average molecular weight is 497 g/mol. The number of hydrogen-bond acceptors (Lipinski definition) is 6. The van der Waals surface area contributed by atoms with Crippen LogP contribution in [0.3, 0.4) is 0 Å². The number of nitrogens with zero attached hydrogens (tertiary/aromatic N) is 4. The highest BCUT2D eigenvalue weighted by Crippen LogP contribution is 2.35. The number of hydrogen-bond donors (Lipinski definition) is 0. The summed E-state index contributed by atoms with van der Waals surface area (Å²) < 4.78 is 6.24. The Balaban J connectivity index is 1.66. The van der Waals surface area contributed by atoms with Crippen LogP contribution in [0.1, 0.15) is 5.69 Å². The lowest BCUT2D eigenvalue weighted by molar-refractivity contribution is -0.384. The zero-order valence-corrected chi connectivity index (χ0v) is 18.3. The number of halogens is 1. The van der Waals surface area contributed by atoms with E-state index < -0.39 is 10.8 Å². The third-order valence-corrected chi connectivity index (χ3v) is 5.40. The summed E-state index contributed by atoms with van der Waals surface area (Å²) >= 11 is 3.38. The maximum absolute atomic E-state index is 13.4. The number of ether oxygens (including phenoxy) is 1. The Hall–Kier alpha value is -3.79. The van der Waals surface area contributed by atoms with Crippen LogP contribution in [-0.4, -0.2) is 34.9 Å². The Morgan fingerprint density at radius 3 is 2.66 bits per heavy atom. The highest BCUT2D eigenvalue weighted by molar-refractivity contribution is 9.10. The van der Waals surface area contributed by atoms with Crippen LogP contribution in [0.15, 0.2) is 71.3 Å². The van der Waals surface area contributed by atoms with Gasteiger partial charge in [0.25, 0.3) is 11.6 Å². The zero-order valence-electron chi connectivity index (χ0n) is 16.7. The summed E-state index contributed by atoms with van der Waals surface area (Å²) in [7, 11) is 0. The maximum Gasteiger partial charge on any atom is 0.271 e. The van der Waals surface area contributed by atoms with E-state index in [1.165, 1.54) is 28.0 Å². The summed E-state index contributed by atoms with van der Waals surface area (Å²) in [5, 5.41) is 11.2. The molecule has 0 bridgehead atoms. The molecule has 1 aliphatic heterocycles. The molecule has 32 heavy (non-hydrogen) atoms. The molecule has 2 amide bonds. The third kappa shape index (κ3) is 4.59. The molecule has 0 fully saturated rings. The lowest BCUT2D eigenvalue weighted by Crippen LogP contribution is -2.46. The van der Waals surface area contributed by atoms with E-state index in [0.717, 1.165) is 4.47 Å². The van der Waals surface area contributed by atoms with Gasteiger partial charge in [0.1, 0.15) is 12.3 Å². The number of nitro groups is 1. The second kappa shape index (κ2) is 9.15. The van der Waals surface area contributed by atoms with E-state index in [-0.39, 0.29) is 37.0 Å². The second-order valence-corrected chi connectivity index (χ2v) is 7.87. The summed E-state index contributed by atoms with van der Waals surface area (Å²) in [6.07, 6.45) is 1.64. The smallest absolute Gasteiger partial charge is 0.271 e. The molecule has 162 valence electrons. The number of non-ortho nitro benzene ring substituents is 1. The van der Waals surface area contributed by atoms with Gasteiger partial charge >= 0.3 is 0 Å². The van der Waals surface area contributed by atoms with Crippen LogP contribution in [0.4, 0.5) is 17.1 Å². The fraction of sp³-hybridized carbons (Fsp3) is 0.136. The standard InChI is InChI=1S/C22H17BrN4O5/c23-15-4-6-17(7-5-15)25(12-16-3-1-2-10-24-16)21(28)13-26-19-11-18(27(30)31)8-9-20(19)32-14-22(26)29/h1-11H,12-14H2. The van der Waals surface area contributed by atoms with Gasteiger partial charge in [0, 0.05) is 28.5 Å². The van der Waals surface area contributed by atoms with E-state index in [2.05, 4.69) is 20.9 Å². The van der Waals surface area contributed by atoms with E-state index in [1.807, 2.05) is 18.2 Å². The molecule has 2 aromatic carbocycles.